The Morgan fingerprint density at radius 1 is 1.26 bits per heavy atom. The van der Waals surface area contributed by atoms with Crippen LogP contribution in [0.25, 0.3) is 0 Å². The van der Waals surface area contributed by atoms with Crippen molar-refractivity contribution in [1.29, 1.82) is 0 Å². The molecule has 148 valence electrons. The van der Waals surface area contributed by atoms with Gasteiger partial charge in [0.1, 0.15) is 18.1 Å². The number of nitrogens with one attached hydrogen (secondary N) is 1. The summed E-state index contributed by atoms with van der Waals surface area (Å²) in [7, 11) is 2.77. The molecular weight excluding hydrogens is 399 g/mol. The Hall–Kier alpha value is -2.00. The number of β-amino-alcohol motifs (C(OH)–C–C–N with tert-alkyl or cyclic N) is 1. The van der Waals surface area contributed by atoms with E-state index in [0.29, 0.717) is 23.1 Å². The summed E-state index contributed by atoms with van der Waals surface area (Å²) >= 11 is 12.3. The average Bonchev–Trinajstić information content (AvgIpc) is 2.94. The highest BCUT2D eigenvalue weighted by Crippen LogP contribution is 2.36. The lowest BCUT2D eigenvalue weighted by atomic mass is 10.2. The smallest absolute Gasteiger partial charge is 0.337 e. The van der Waals surface area contributed by atoms with Crippen LogP contribution in [0.3, 0.4) is 0 Å². The summed E-state index contributed by atoms with van der Waals surface area (Å²) in [5, 5.41) is 12.5. The Morgan fingerprint density at radius 3 is 2.63 bits per heavy atom. The van der Waals surface area contributed by atoms with Crippen LogP contribution in [-0.4, -0.2) is 69.0 Å². The Bertz CT molecular complexity index is 753. The molecule has 1 aromatic carbocycles. The molecule has 10 heteroatoms. The lowest BCUT2D eigenvalue weighted by Crippen LogP contribution is -2.31. The lowest BCUT2D eigenvalue weighted by Gasteiger charge is -2.16. The van der Waals surface area contributed by atoms with Gasteiger partial charge in [0.2, 0.25) is 0 Å². The second kappa shape index (κ2) is 9.80. The molecule has 1 aliphatic heterocycles. The molecule has 0 aromatic heterocycles. The highest BCUT2D eigenvalue weighted by atomic mass is 35.5. The van der Waals surface area contributed by atoms with Crippen molar-refractivity contribution in [3.05, 3.63) is 33.4 Å². The summed E-state index contributed by atoms with van der Waals surface area (Å²) in [5.41, 5.74) is 0.510. The van der Waals surface area contributed by atoms with Crippen LogP contribution in [0.5, 0.6) is 5.75 Å². The third kappa shape index (κ3) is 5.04. The van der Waals surface area contributed by atoms with Crippen LogP contribution in [0.2, 0.25) is 10.0 Å². The Balaban J connectivity index is 2.33. The SMILES string of the molecule is COCCOc1cc(NC2=C(C(=O)OC)CN(CCO)C2=O)c(Cl)cc1Cl. The molecule has 0 radical (unpaired) electrons. The highest BCUT2D eigenvalue weighted by Gasteiger charge is 2.34. The molecule has 1 aromatic rings. The number of aliphatic hydroxyl groups excluding tert-OH is 1. The molecule has 0 fully saturated rings. The largest absolute Gasteiger partial charge is 0.490 e. The van der Waals surface area contributed by atoms with E-state index in [9.17, 15) is 9.59 Å². The van der Waals surface area contributed by atoms with Gasteiger partial charge in [0, 0.05) is 19.7 Å². The number of benzene rings is 1. The van der Waals surface area contributed by atoms with E-state index in [1.54, 1.807) is 7.11 Å². The fourth-order valence-electron chi connectivity index (χ4n) is 2.45. The zero-order chi connectivity index (χ0) is 20.0. The average molecular weight is 419 g/mol. The topological polar surface area (TPSA) is 97.3 Å². The number of amides is 1. The van der Waals surface area contributed by atoms with E-state index in [1.807, 2.05) is 0 Å². The molecule has 1 aliphatic rings. The first-order valence-electron chi connectivity index (χ1n) is 8.02. The number of aliphatic hydroxyl groups is 1. The van der Waals surface area contributed by atoms with Gasteiger partial charge in [0.15, 0.2) is 0 Å². The van der Waals surface area contributed by atoms with Gasteiger partial charge in [-0.15, -0.1) is 0 Å². The van der Waals surface area contributed by atoms with Crippen LogP contribution in [0.15, 0.2) is 23.4 Å². The van der Waals surface area contributed by atoms with E-state index in [-0.39, 0.29) is 42.6 Å². The lowest BCUT2D eigenvalue weighted by molar-refractivity contribution is -0.136. The zero-order valence-electron chi connectivity index (χ0n) is 14.9. The summed E-state index contributed by atoms with van der Waals surface area (Å²) in [4.78, 5) is 25.9. The second-order valence-electron chi connectivity index (χ2n) is 5.52. The normalized spacial score (nSPS) is 14.0. The maximum Gasteiger partial charge on any atom is 0.337 e. The molecule has 2 N–H and O–H groups in total. The summed E-state index contributed by atoms with van der Waals surface area (Å²) in [6.07, 6.45) is 0. The maximum atomic E-state index is 12.6. The van der Waals surface area contributed by atoms with Gasteiger partial charge in [-0.25, -0.2) is 4.79 Å². The van der Waals surface area contributed by atoms with Gasteiger partial charge in [-0.05, 0) is 6.07 Å². The third-order valence-corrected chi connectivity index (χ3v) is 4.39. The summed E-state index contributed by atoms with van der Waals surface area (Å²) < 4.78 is 15.2. The van der Waals surface area contributed by atoms with Crippen molar-refractivity contribution in [2.45, 2.75) is 0 Å². The molecule has 0 unspecified atom stereocenters. The number of carbonyl (C=O) groups excluding carboxylic acids is 2. The number of nitrogens with zero attached hydrogens (tertiary/aromatic N) is 1. The van der Waals surface area contributed by atoms with Crippen LogP contribution >= 0.6 is 23.2 Å². The van der Waals surface area contributed by atoms with E-state index in [4.69, 9.17) is 42.5 Å². The highest BCUT2D eigenvalue weighted by molar-refractivity contribution is 6.37. The van der Waals surface area contributed by atoms with Gasteiger partial charge < -0.3 is 29.5 Å². The van der Waals surface area contributed by atoms with Crippen LogP contribution in [0, 0.1) is 0 Å². The number of esters is 1. The summed E-state index contributed by atoms with van der Waals surface area (Å²) in [6, 6.07) is 3.00. The molecule has 0 spiro atoms. The third-order valence-electron chi connectivity index (χ3n) is 3.78. The number of halogens is 2. The number of methoxy groups -OCH3 is 2. The van der Waals surface area contributed by atoms with Gasteiger partial charge in [0.05, 0.1) is 48.2 Å². The molecule has 0 atom stereocenters. The first kappa shape index (κ1) is 21.3. The van der Waals surface area contributed by atoms with Crippen molar-refractivity contribution in [1.82, 2.24) is 4.90 Å². The number of rotatable bonds is 9. The van der Waals surface area contributed by atoms with E-state index >= 15 is 0 Å². The van der Waals surface area contributed by atoms with Crippen molar-refractivity contribution >= 4 is 40.8 Å². The fourth-order valence-corrected chi connectivity index (χ4v) is 2.94. The predicted molar refractivity (Wildman–Crippen MR) is 100 cm³/mol. The van der Waals surface area contributed by atoms with Gasteiger partial charge in [-0.1, -0.05) is 23.2 Å². The van der Waals surface area contributed by atoms with Crippen LogP contribution in [0.1, 0.15) is 0 Å². The molecule has 8 nitrogen and oxygen atoms in total. The molecule has 1 amide bonds. The zero-order valence-corrected chi connectivity index (χ0v) is 16.4. The summed E-state index contributed by atoms with van der Waals surface area (Å²) in [5.74, 6) is -0.747. The minimum absolute atomic E-state index is 0.0246. The van der Waals surface area contributed by atoms with E-state index in [2.05, 4.69) is 5.32 Å². The van der Waals surface area contributed by atoms with E-state index in [0.717, 1.165) is 0 Å². The van der Waals surface area contributed by atoms with Gasteiger partial charge in [-0.2, -0.15) is 0 Å². The van der Waals surface area contributed by atoms with Gasteiger partial charge in [0.25, 0.3) is 5.91 Å². The van der Waals surface area contributed by atoms with E-state index < -0.39 is 11.9 Å². The number of anilines is 1. The molecule has 0 bridgehead atoms. The van der Waals surface area contributed by atoms with Crippen molar-refractivity contribution in [2.24, 2.45) is 0 Å². The number of carbonyl (C=O) groups is 2. The Morgan fingerprint density at radius 2 is 2.00 bits per heavy atom. The monoisotopic (exact) mass is 418 g/mol. The Labute approximate surface area is 166 Å². The van der Waals surface area contributed by atoms with Gasteiger partial charge in [-0.3, -0.25) is 4.79 Å². The van der Waals surface area contributed by atoms with Crippen LogP contribution < -0.4 is 10.1 Å². The summed E-state index contributed by atoms with van der Waals surface area (Å²) in [6.45, 7) is 0.526. The van der Waals surface area contributed by atoms with Gasteiger partial charge >= 0.3 is 5.97 Å². The predicted octanol–water partition coefficient (Wildman–Crippen LogP) is 1.69. The number of ether oxygens (including phenoxy) is 3. The maximum absolute atomic E-state index is 12.6. The number of hydrogen-bond acceptors (Lipinski definition) is 7. The minimum atomic E-state index is -0.645. The first-order valence-corrected chi connectivity index (χ1v) is 8.77. The van der Waals surface area contributed by atoms with Crippen LogP contribution in [0.4, 0.5) is 5.69 Å². The van der Waals surface area contributed by atoms with Crippen molar-refractivity contribution in [2.75, 3.05) is 52.4 Å². The molecule has 0 saturated heterocycles. The second-order valence-corrected chi connectivity index (χ2v) is 6.34. The Kier molecular flexibility index (Phi) is 7.73. The molecule has 1 heterocycles. The molecule has 0 aliphatic carbocycles. The quantitative estimate of drug-likeness (QED) is 0.465. The van der Waals surface area contributed by atoms with Crippen molar-refractivity contribution < 1.29 is 28.9 Å². The van der Waals surface area contributed by atoms with Crippen molar-refractivity contribution in [3.63, 3.8) is 0 Å². The first-order chi connectivity index (χ1) is 12.9. The molecule has 0 saturated carbocycles. The minimum Gasteiger partial charge on any atom is -0.490 e. The van der Waals surface area contributed by atoms with Crippen molar-refractivity contribution in [3.8, 4) is 5.75 Å². The molecular formula is C17H20Cl2N2O6. The fraction of sp³-hybridized carbons (Fsp3) is 0.412. The van der Waals surface area contributed by atoms with E-state index in [1.165, 1.54) is 24.1 Å². The number of hydrogen-bond donors (Lipinski definition) is 2. The standard InChI is InChI=1S/C17H20Cl2N2O6/c1-25-5-6-27-14-8-13(11(18)7-12(14)19)20-15-10(17(24)26-2)9-21(3-4-22)16(15)23/h7-8,20,22H,3-6,9H2,1-2H3. The molecule has 27 heavy (non-hydrogen) atoms. The van der Waals surface area contributed by atoms with Crippen LogP contribution in [-0.2, 0) is 19.1 Å². The molecule has 2 rings (SSSR count).